The minimum absolute atomic E-state index is 0.296. The van der Waals surface area contributed by atoms with Gasteiger partial charge in [-0.05, 0) is 18.6 Å². The molecular formula is C18H29NO3. The molecule has 1 heterocycles. The van der Waals surface area contributed by atoms with Crippen molar-refractivity contribution in [1.29, 1.82) is 0 Å². The van der Waals surface area contributed by atoms with E-state index in [9.17, 15) is 4.79 Å². The van der Waals surface area contributed by atoms with E-state index >= 15 is 0 Å². The Balaban J connectivity index is 1.85. The highest BCUT2D eigenvalue weighted by molar-refractivity contribution is 5.88. The normalized spacial score (nSPS) is 10.6. The van der Waals surface area contributed by atoms with Crippen LogP contribution in [0.5, 0.6) is 0 Å². The first-order valence-electron chi connectivity index (χ1n) is 8.49. The second-order valence-electron chi connectivity index (χ2n) is 5.46. The number of hydrogen-bond acceptors (Lipinski definition) is 4. The standard InChI is InChI=1S/C18H29NO3/c1-2-3-4-5-6-7-8-9-13-21-14-15-22-18(20)17-11-10-12-19-16-17/h10-12,16H,2-9,13-15H2,1H3. The van der Waals surface area contributed by atoms with E-state index in [0.29, 0.717) is 18.8 Å². The fraction of sp³-hybridized carbons (Fsp3) is 0.667. The number of unbranched alkanes of at least 4 members (excludes halogenated alkanes) is 7. The van der Waals surface area contributed by atoms with Crippen molar-refractivity contribution in [2.45, 2.75) is 58.3 Å². The molecule has 124 valence electrons. The predicted molar refractivity (Wildman–Crippen MR) is 87.9 cm³/mol. The first-order valence-corrected chi connectivity index (χ1v) is 8.49. The van der Waals surface area contributed by atoms with E-state index in [-0.39, 0.29) is 5.97 Å². The summed E-state index contributed by atoms with van der Waals surface area (Å²) in [5.74, 6) is -0.344. The molecule has 0 saturated heterocycles. The molecule has 0 unspecified atom stereocenters. The molecule has 0 aliphatic heterocycles. The number of ether oxygens (including phenoxy) is 2. The fourth-order valence-electron chi connectivity index (χ4n) is 2.20. The highest BCUT2D eigenvalue weighted by atomic mass is 16.6. The lowest BCUT2D eigenvalue weighted by Crippen LogP contribution is -2.11. The van der Waals surface area contributed by atoms with Gasteiger partial charge in [-0.3, -0.25) is 4.98 Å². The molecule has 0 aromatic carbocycles. The summed E-state index contributed by atoms with van der Waals surface area (Å²) in [6, 6.07) is 3.41. The van der Waals surface area contributed by atoms with Crippen LogP contribution in [0, 0.1) is 0 Å². The Morgan fingerprint density at radius 3 is 2.41 bits per heavy atom. The Hall–Kier alpha value is -1.42. The van der Waals surface area contributed by atoms with Crippen molar-refractivity contribution in [3.63, 3.8) is 0 Å². The van der Waals surface area contributed by atoms with Gasteiger partial charge in [-0.25, -0.2) is 4.79 Å². The van der Waals surface area contributed by atoms with Crippen LogP contribution in [0.4, 0.5) is 0 Å². The number of pyridine rings is 1. The molecule has 1 rings (SSSR count). The average Bonchev–Trinajstić information content (AvgIpc) is 2.56. The Morgan fingerprint density at radius 1 is 1.00 bits per heavy atom. The van der Waals surface area contributed by atoms with Crippen LogP contribution >= 0.6 is 0 Å². The lowest BCUT2D eigenvalue weighted by atomic mass is 10.1. The summed E-state index contributed by atoms with van der Waals surface area (Å²) in [5.41, 5.74) is 0.477. The van der Waals surface area contributed by atoms with Crippen molar-refractivity contribution in [3.05, 3.63) is 30.1 Å². The SMILES string of the molecule is CCCCCCCCCCOCCOC(=O)c1cccnc1. The molecule has 0 aliphatic rings. The third-order valence-electron chi connectivity index (χ3n) is 3.50. The van der Waals surface area contributed by atoms with Gasteiger partial charge < -0.3 is 9.47 Å². The highest BCUT2D eigenvalue weighted by Crippen LogP contribution is 2.08. The zero-order valence-corrected chi connectivity index (χ0v) is 13.8. The maximum atomic E-state index is 11.6. The maximum absolute atomic E-state index is 11.6. The molecule has 0 fully saturated rings. The third kappa shape index (κ3) is 9.50. The Labute approximate surface area is 134 Å². The first kappa shape index (κ1) is 18.6. The minimum atomic E-state index is -0.344. The molecule has 0 bridgehead atoms. The number of rotatable bonds is 13. The second kappa shape index (κ2) is 13.3. The van der Waals surface area contributed by atoms with Crippen LogP contribution in [0.25, 0.3) is 0 Å². The molecule has 0 saturated carbocycles. The van der Waals surface area contributed by atoms with E-state index in [0.717, 1.165) is 13.0 Å². The van der Waals surface area contributed by atoms with Gasteiger partial charge in [0, 0.05) is 19.0 Å². The Morgan fingerprint density at radius 2 is 1.73 bits per heavy atom. The van der Waals surface area contributed by atoms with Gasteiger partial charge in [0.2, 0.25) is 0 Å². The smallest absolute Gasteiger partial charge is 0.339 e. The van der Waals surface area contributed by atoms with Gasteiger partial charge in [0.25, 0.3) is 0 Å². The van der Waals surface area contributed by atoms with E-state index < -0.39 is 0 Å². The summed E-state index contributed by atoms with van der Waals surface area (Å²) >= 11 is 0. The molecule has 0 amide bonds. The van der Waals surface area contributed by atoms with Crippen LogP contribution in [0.1, 0.15) is 68.6 Å². The van der Waals surface area contributed by atoms with Gasteiger partial charge in [0.1, 0.15) is 6.61 Å². The summed E-state index contributed by atoms with van der Waals surface area (Å²) < 4.78 is 10.6. The van der Waals surface area contributed by atoms with Crippen LogP contribution < -0.4 is 0 Å². The van der Waals surface area contributed by atoms with Crippen molar-refractivity contribution >= 4 is 5.97 Å². The van der Waals surface area contributed by atoms with Crippen molar-refractivity contribution in [2.24, 2.45) is 0 Å². The molecule has 0 radical (unpaired) electrons. The van der Waals surface area contributed by atoms with Gasteiger partial charge in [0.15, 0.2) is 0 Å². The largest absolute Gasteiger partial charge is 0.460 e. The summed E-state index contributed by atoms with van der Waals surface area (Å²) in [7, 11) is 0. The topological polar surface area (TPSA) is 48.4 Å². The van der Waals surface area contributed by atoms with E-state index in [1.807, 2.05) is 0 Å². The number of aromatic nitrogens is 1. The molecule has 1 aromatic heterocycles. The zero-order chi connectivity index (χ0) is 15.9. The molecule has 1 aromatic rings. The van der Waals surface area contributed by atoms with Gasteiger partial charge in [-0.1, -0.05) is 51.9 Å². The van der Waals surface area contributed by atoms with Gasteiger partial charge in [-0.2, -0.15) is 0 Å². The van der Waals surface area contributed by atoms with Crippen LogP contribution in [-0.4, -0.2) is 30.8 Å². The minimum Gasteiger partial charge on any atom is -0.460 e. The number of hydrogen-bond donors (Lipinski definition) is 0. The van der Waals surface area contributed by atoms with E-state index in [2.05, 4.69) is 11.9 Å². The fourth-order valence-corrected chi connectivity index (χ4v) is 2.20. The maximum Gasteiger partial charge on any atom is 0.339 e. The van der Waals surface area contributed by atoms with Crippen molar-refractivity contribution in [1.82, 2.24) is 4.98 Å². The van der Waals surface area contributed by atoms with Crippen LogP contribution in [0.3, 0.4) is 0 Å². The molecule has 0 N–H and O–H groups in total. The molecular weight excluding hydrogens is 278 g/mol. The van der Waals surface area contributed by atoms with E-state index in [4.69, 9.17) is 9.47 Å². The second-order valence-corrected chi connectivity index (χ2v) is 5.46. The lowest BCUT2D eigenvalue weighted by Gasteiger charge is -2.06. The number of esters is 1. The Bertz CT molecular complexity index is 381. The molecule has 22 heavy (non-hydrogen) atoms. The average molecular weight is 307 g/mol. The molecule has 0 atom stereocenters. The summed E-state index contributed by atoms with van der Waals surface area (Å²) in [6.07, 6.45) is 13.5. The van der Waals surface area contributed by atoms with Gasteiger partial charge in [-0.15, -0.1) is 0 Å². The zero-order valence-electron chi connectivity index (χ0n) is 13.8. The van der Waals surface area contributed by atoms with Gasteiger partial charge >= 0.3 is 5.97 Å². The van der Waals surface area contributed by atoms with Gasteiger partial charge in [0.05, 0.1) is 12.2 Å². The molecule has 0 aliphatic carbocycles. The van der Waals surface area contributed by atoms with Crippen molar-refractivity contribution in [2.75, 3.05) is 19.8 Å². The lowest BCUT2D eigenvalue weighted by molar-refractivity contribution is 0.0312. The molecule has 4 heteroatoms. The predicted octanol–water partition coefficient (Wildman–Crippen LogP) is 4.40. The van der Waals surface area contributed by atoms with Crippen LogP contribution in [0.2, 0.25) is 0 Å². The quantitative estimate of drug-likeness (QED) is 0.400. The summed E-state index contributed by atoms with van der Waals surface area (Å²) in [5, 5.41) is 0. The van der Waals surface area contributed by atoms with Crippen molar-refractivity contribution < 1.29 is 14.3 Å². The summed E-state index contributed by atoms with van der Waals surface area (Å²) in [6.45, 7) is 3.75. The monoisotopic (exact) mass is 307 g/mol. The van der Waals surface area contributed by atoms with E-state index in [1.165, 1.54) is 51.1 Å². The third-order valence-corrected chi connectivity index (χ3v) is 3.50. The number of carbonyl (C=O) groups excluding carboxylic acids is 1. The molecule has 0 spiro atoms. The highest BCUT2D eigenvalue weighted by Gasteiger charge is 2.05. The van der Waals surface area contributed by atoms with Crippen LogP contribution in [0.15, 0.2) is 24.5 Å². The van der Waals surface area contributed by atoms with Crippen LogP contribution in [-0.2, 0) is 9.47 Å². The summed E-state index contributed by atoms with van der Waals surface area (Å²) in [4.78, 5) is 15.5. The number of nitrogens with zero attached hydrogens (tertiary/aromatic N) is 1. The first-order chi connectivity index (χ1) is 10.8. The number of carbonyl (C=O) groups is 1. The van der Waals surface area contributed by atoms with Crippen molar-refractivity contribution in [3.8, 4) is 0 Å². The van der Waals surface area contributed by atoms with E-state index in [1.54, 1.807) is 18.3 Å². The Kier molecular flexibility index (Phi) is 11.2. The molecule has 4 nitrogen and oxygen atoms in total.